The minimum atomic E-state index is -0.415. The molecule has 0 aliphatic heterocycles. The highest BCUT2D eigenvalue weighted by molar-refractivity contribution is 5.97. The summed E-state index contributed by atoms with van der Waals surface area (Å²) in [4.78, 5) is 16.8. The van der Waals surface area contributed by atoms with E-state index in [-0.39, 0.29) is 12.0 Å². The first kappa shape index (κ1) is 16.9. The van der Waals surface area contributed by atoms with Crippen molar-refractivity contribution in [3.8, 4) is 11.1 Å². The maximum Gasteiger partial charge on any atom is 0.339 e. The van der Waals surface area contributed by atoms with Crippen LogP contribution in [0.1, 0.15) is 42.8 Å². The summed E-state index contributed by atoms with van der Waals surface area (Å²) in [5.74, 6) is 0.459. The molecule has 5 heteroatoms. The fourth-order valence-corrected chi connectivity index (χ4v) is 2.36. The van der Waals surface area contributed by atoms with E-state index in [2.05, 4.69) is 10.1 Å². The molecule has 25 heavy (non-hydrogen) atoms. The molecular formula is C20H20N2O3. The van der Waals surface area contributed by atoms with Gasteiger partial charge in [-0.15, -0.1) is 0 Å². The van der Waals surface area contributed by atoms with Crippen LogP contribution in [0, 0.1) is 0 Å². The lowest BCUT2D eigenvalue weighted by atomic mass is 9.97. The molecule has 0 atom stereocenters. The second-order valence-corrected chi connectivity index (χ2v) is 6.75. The van der Waals surface area contributed by atoms with Crippen LogP contribution in [-0.2, 0) is 16.8 Å². The molecule has 0 amide bonds. The van der Waals surface area contributed by atoms with Crippen molar-refractivity contribution in [1.82, 2.24) is 10.1 Å². The third-order valence-electron chi connectivity index (χ3n) is 3.67. The Balaban J connectivity index is 1.75. The van der Waals surface area contributed by atoms with Gasteiger partial charge in [0.1, 0.15) is 0 Å². The van der Waals surface area contributed by atoms with Crippen molar-refractivity contribution in [2.75, 3.05) is 0 Å². The summed E-state index contributed by atoms with van der Waals surface area (Å²) in [6, 6.07) is 17.1. The van der Waals surface area contributed by atoms with Gasteiger partial charge in [0.05, 0.1) is 5.56 Å². The highest BCUT2D eigenvalue weighted by Crippen LogP contribution is 2.24. The van der Waals surface area contributed by atoms with Crippen LogP contribution in [0.15, 0.2) is 59.1 Å². The van der Waals surface area contributed by atoms with E-state index in [4.69, 9.17) is 9.26 Å². The molecule has 0 aliphatic carbocycles. The van der Waals surface area contributed by atoms with Crippen LogP contribution in [0.4, 0.5) is 0 Å². The van der Waals surface area contributed by atoms with Crippen molar-refractivity contribution in [2.45, 2.75) is 32.8 Å². The Morgan fingerprint density at radius 2 is 1.72 bits per heavy atom. The zero-order valence-corrected chi connectivity index (χ0v) is 14.5. The maximum atomic E-state index is 12.5. The third kappa shape index (κ3) is 3.94. The van der Waals surface area contributed by atoms with Gasteiger partial charge in [-0.05, 0) is 17.2 Å². The summed E-state index contributed by atoms with van der Waals surface area (Å²) in [5.41, 5.74) is 2.06. The number of ether oxygens (including phenoxy) is 1. The van der Waals surface area contributed by atoms with Gasteiger partial charge in [0.25, 0.3) is 0 Å². The fourth-order valence-electron chi connectivity index (χ4n) is 2.36. The SMILES string of the molecule is CC(C)(C)c1nc(COC(=O)c2ccccc2-c2ccccc2)no1. The number of nitrogens with zero attached hydrogens (tertiary/aromatic N) is 2. The van der Waals surface area contributed by atoms with Gasteiger partial charge < -0.3 is 9.26 Å². The van der Waals surface area contributed by atoms with Gasteiger partial charge in [-0.1, -0.05) is 74.5 Å². The van der Waals surface area contributed by atoms with Crippen LogP contribution < -0.4 is 0 Å². The number of hydrogen-bond acceptors (Lipinski definition) is 5. The predicted molar refractivity (Wildman–Crippen MR) is 94.0 cm³/mol. The van der Waals surface area contributed by atoms with Crippen molar-refractivity contribution in [2.24, 2.45) is 0 Å². The number of rotatable bonds is 4. The van der Waals surface area contributed by atoms with Crippen LogP contribution >= 0.6 is 0 Å². The Labute approximate surface area is 146 Å². The van der Waals surface area contributed by atoms with Crippen LogP contribution in [-0.4, -0.2) is 16.1 Å². The van der Waals surface area contributed by atoms with Crippen molar-refractivity contribution in [3.63, 3.8) is 0 Å². The lowest BCUT2D eigenvalue weighted by Gasteiger charge is -2.10. The van der Waals surface area contributed by atoms with Crippen molar-refractivity contribution >= 4 is 5.97 Å². The van der Waals surface area contributed by atoms with Gasteiger partial charge in [-0.25, -0.2) is 4.79 Å². The van der Waals surface area contributed by atoms with Crippen LogP contribution in [0.5, 0.6) is 0 Å². The van der Waals surface area contributed by atoms with E-state index in [1.54, 1.807) is 6.07 Å². The molecule has 1 aromatic heterocycles. The van der Waals surface area contributed by atoms with E-state index in [1.807, 2.05) is 69.3 Å². The Bertz CT molecular complexity index is 864. The molecule has 2 aromatic carbocycles. The molecule has 0 saturated heterocycles. The Morgan fingerprint density at radius 3 is 2.40 bits per heavy atom. The zero-order chi connectivity index (χ0) is 17.9. The number of carbonyl (C=O) groups is 1. The standard InChI is InChI=1S/C20H20N2O3/c1-20(2,3)19-21-17(22-25-19)13-24-18(23)16-12-8-7-11-15(16)14-9-5-4-6-10-14/h4-12H,13H2,1-3H3. The van der Waals surface area contributed by atoms with E-state index < -0.39 is 5.97 Å². The summed E-state index contributed by atoms with van der Waals surface area (Å²) in [7, 11) is 0. The van der Waals surface area contributed by atoms with Crippen LogP contribution in [0.3, 0.4) is 0 Å². The van der Waals surface area contributed by atoms with Gasteiger partial charge in [-0.3, -0.25) is 0 Å². The summed E-state index contributed by atoms with van der Waals surface area (Å²) in [6.45, 7) is 5.91. The molecule has 0 spiro atoms. The topological polar surface area (TPSA) is 65.2 Å². The molecule has 1 heterocycles. The predicted octanol–water partition coefficient (Wildman–Crippen LogP) is 4.39. The Hall–Kier alpha value is -2.95. The summed E-state index contributed by atoms with van der Waals surface area (Å²) in [5, 5.41) is 3.87. The maximum absolute atomic E-state index is 12.5. The highest BCUT2D eigenvalue weighted by atomic mass is 16.5. The lowest BCUT2D eigenvalue weighted by Crippen LogP contribution is -2.12. The number of hydrogen-bond donors (Lipinski definition) is 0. The fraction of sp³-hybridized carbons (Fsp3) is 0.250. The van der Waals surface area contributed by atoms with Crippen molar-refractivity contribution in [3.05, 3.63) is 71.9 Å². The van der Waals surface area contributed by atoms with E-state index in [1.165, 1.54) is 0 Å². The first-order valence-electron chi connectivity index (χ1n) is 8.10. The molecule has 3 aromatic rings. The van der Waals surface area contributed by atoms with Gasteiger partial charge in [0.2, 0.25) is 11.7 Å². The molecule has 0 unspecified atom stereocenters. The number of benzene rings is 2. The number of carbonyl (C=O) groups excluding carboxylic acids is 1. The second-order valence-electron chi connectivity index (χ2n) is 6.75. The van der Waals surface area contributed by atoms with Gasteiger partial charge >= 0.3 is 5.97 Å². The molecular weight excluding hydrogens is 316 g/mol. The molecule has 0 N–H and O–H groups in total. The van der Waals surface area contributed by atoms with Crippen LogP contribution in [0.2, 0.25) is 0 Å². The van der Waals surface area contributed by atoms with Gasteiger partial charge in [0.15, 0.2) is 6.61 Å². The summed E-state index contributed by atoms with van der Waals surface area (Å²) in [6.07, 6.45) is 0. The molecule has 0 radical (unpaired) electrons. The van der Waals surface area contributed by atoms with Crippen molar-refractivity contribution < 1.29 is 14.1 Å². The molecule has 5 nitrogen and oxygen atoms in total. The molecule has 0 bridgehead atoms. The van der Waals surface area contributed by atoms with E-state index >= 15 is 0 Å². The average Bonchev–Trinajstić information content (AvgIpc) is 3.10. The Morgan fingerprint density at radius 1 is 1.04 bits per heavy atom. The summed E-state index contributed by atoms with van der Waals surface area (Å²) < 4.78 is 10.6. The second kappa shape index (κ2) is 6.89. The minimum absolute atomic E-state index is 0.0263. The summed E-state index contributed by atoms with van der Waals surface area (Å²) >= 11 is 0. The van der Waals surface area contributed by atoms with Gasteiger partial charge in [-0.2, -0.15) is 4.98 Å². The molecule has 0 fully saturated rings. The molecule has 128 valence electrons. The smallest absolute Gasteiger partial charge is 0.339 e. The van der Waals surface area contributed by atoms with E-state index in [9.17, 15) is 4.79 Å². The quantitative estimate of drug-likeness (QED) is 0.661. The first-order chi connectivity index (χ1) is 11.9. The van der Waals surface area contributed by atoms with Crippen LogP contribution in [0.25, 0.3) is 11.1 Å². The lowest BCUT2D eigenvalue weighted by molar-refractivity contribution is 0.0460. The van der Waals surface area contributed by atoms with Crippen molar-refractivity contribution in [1.29, 1.82) is 0 Å². The third-order valence-corrected chi connectivity index (χ3v) is 3.67. The largest absolute Gasteiger partial charge is 0.454 e. The molecule has 3 rings (SSSR count). The highest BCUT2D eigenvalue weighted by Gasteiger charge is 2.22. The monoisotopic (exact) mass is 336 g/mol. The zero-order valence-electron chi connectivity index (χ0n) is 14.5. The number of aromatic nitrogens is 2. The van der Waals surface area contributed by atoms with E-state index in [0.29, 0.717) is 17.3 Å². The average molecular weight is 336 g/mol. The van der Waals surface area contributed by atoms with E-state index in [0.717, 1.165) is 11.1 Å². The Kier molecular flexibility index (Phi) is 4.65. The number of esters is 1. The first-order valence-corrected chi connectivity index (χ1v) is 8.10. The molecule has 0 aliphatic rings. The van der Waals surface area contributed by atoms with Gasteiger partial charge in [0, 0.05) is 5.41 Å². The minimum Gasteiger partial charge on any atom is -0.454 e. The normalized spacial score (nSPS) is 11.3. The molecule has 0 saturated carbocycles.